The maximum absolute atomic E-state index is 12.7. The first-order valence-corrected chi connectivity index (χ1v) is 17.2. The van der Waals surface area contributed by atoms with E-state index in [1.165, 1.54) is 6.92 Å². The molecular weight excluding hydrogens is 560 g/mol. The van der Waals surface area contributed by atoms with Crippen LogP contribution in [0.15, 0.2) is 11.6 Å². The Labute approximate surface area is 263 Å². The SMILES string of the molecule is CO[C@H]1O[C@@H]([C@H](O)C(C)(O)CO)C[C@H]1[C@@H]1CC[C@]23C[C@]12CC[C@@H]1[C@@]2(C)CC[C@@H](OC(=O)C=C(C)C)C(C)(C)[C@@H]2C[C@@H](O)[C@]13C. The lowest BCUT2D eigenvalue weighted by atomic mass is 9.37. The van der Waals surface area contributed by atoms with E-state index in [4.69, 9.17) is 14.2 Å². The van der Waals surface area contributed by atoms with Gasteiger partial charge in [-0.1, -0.05) is 33.3 Å². The third-order valence-electron chi connectivity index (χ3n) is 15.0. The zero-order valence-electron chi connectivity index (χ0n) is 28.3. The van der Waals surface area contributed by atoms with Gasteiger partial charge in [-0.05, 0) is 113 Å². The predicted molar refractivity (Wildman–Crippen MR) is 165 cm³/mol. The van der Waals surface area contributed by atoms with Crippen molar-refractivity contribution >= 4 is 5.97 Å². The highest BCUT2D eigenvalue weighted by atomic mass is 16.7. The van der Waals surface area contributed by atoms with Crippen molar-refractivity contribution in [1.82, 2.24) is 0 Å². The lowest BCUT2D eigenvalue weighted by molar-refractivity contribution is -0.245. The Morgan fingerprint density at radius 2 is 1.77 bits per heavy atom. The van der Waals surface area contributed by atoms with Gasteiger partial charge in [0.1, 0.15) is 17.8 Å². The highest BCUT2D eigenvalue weighted by Gasteiger charge is 2.86. The van der Waals surface area contributed by atoms with E-state index in [0.717, 1.165) is 56.9 Å². The molecule has 14 atom stereocenters. The molecule has 5 aliphatic carbocycles. The van der Waals surface area contributed by atoms with Gasteiger partial charge in [-0.15, -0.1) is 0 Å². The molecule has 8 heteroatoms. The third-order valence-corrected chi connectivity index (χ3v) is 15.0. The van der Waals surface area contributed by atoms with Crippen molar-refractivity contribution in [2.24, 2.45) is 50.7 Å². The second-order valence-electron chi connectivity index (χ2n) is 17.4. The Kier molecular flexibility index (Phi) is 7.84. The van der Waals surface area contributed by atoms with Gasteiger partial charge in [0.25, 0.3) is 0 Å². The molecule has 44 heavy (non-hydrogen) atoms. The minimum absolute atomic E-state index is 0.0507. The van der Waals surface area contributed by atoms with Gasteiger partial charge in [0.2, 0.25) is 0 Å². The molecule has 0 spiro atoms. The van der Waals surface area contributed by atoms with E-state index in [0.29, 0.717) is 18.3 Å². The van der Waals surface area contributed by atoms with Crippen LogP contribution in [-0.2, 0) is 19.0 Å². The lowest BCUT2D eigenvalue weighted by Crippen LogP contribution is -2.66. The number of aliphatic hydroxyl groups excluding tert-OH is 3. The van der Waals surface area contributed by atoms with Gasteiger partial charge in [0.05, 0.1) is 18.8 Å². The summed E-state index contributed by atoms with van der Waals surface area (Å²) in [6.07, 6.45) is 7.35. The van der Waals surface area contributed by atoms with Crippen molar-refractivity contribution in [3.05, 3.63) is 11.6 Å². The molecule has 6 fully saturated rings. The van der Waals surface area contributed by atoms with Crippen LogP contribution in [0.3, 0.4) is 0 Å². The van der Waals surface area contributed by atoms with Crippen LogP contribution in [0.25, 0.3) is 0 Å². The van der Waals surface area contributed by atoms with Gasteiger partial charge in [-0.2, -0.15) is 0 Å². The molecule has 8 nitrogen and oxygen atoms in total. The number of ether oxygens (including phenoxy) is 3. The Morgan fingerprint density at radius 1 is 1.07 bits per heavy atom. The first kappa shape index (κ1) is 32.9. The summed E-state index contributed by atoms with van der Waals surface area (Å²) < 4.78 is 18.2. The fourth-order valence-corrected chi connectivity index (χ4v) is 12.9. The van der Waals surface area contributed by atoms with E-state index in [2.05, 4.69) is 27.7 Å². The Bertz CT molecular complexity index is 1180. The molecule has 6 aliphatic rings. The topological polar surface area (TPSA) is 126 Å². The Hall–Kier alpha value is -1.03. The number of allylic oxidation sites excluding steroid dienone is 1. The number of rotatable bonds is 7. The average Bonchev–Trinajstić information content (AvgIpc) is 3.27. The van der Waals surface area contributed by atoms with Gasteiger partial charge in [-0.25, -0.2) is 4.79 Å². The van der Waals surface area contributed by atoms with Crippen molar-refractivity contribution in [3.8, 4) is 0 Å². The van der Waals surface area contributed by atoms with Crippen molar-refractivity contribution in [3.63, 3.8) is 0 Å². The van der Waals surface area contributed by atoms with Crippen molar-refractivity contribution in [2.45, 2.75) is 143 Å². The summed E-state index contributed by atoms with van der Waals surface area (Å²) in [7, 11) is 1.66. The smallest absolute Gasteiger partial charge is 0.330 e. The molecular formula is C36H58O8. The molecule has 0 aromatic heterocycles. The molecule has 4 N–H and O–H groups in total. The van der Waals surface area contributed by atoms with E-state index < -0.39 is 36.8 Å². The van der Waals surface area contributed by atoms with Crippen LogP contribution in [-0.4, -0.2) is 76.4 Å². The number of hydrogen-bond donors (Lipinski definition) is 4. The van der Waals surface area contributed by atoms with Crippen LogP contribution >= 0.6 is 0 Å². The molecule has 250 valence electrons. The number of carbonyl (C=O) groups excluding carboxylic acids is 1. The van der Waals surface area contributed by atoms with E-state index in [9.17, 15) is 25.2 Å². The maximum Gasteiger partial charge on any atom is 0.330 e. The van der Waals surface area contributed by atoms with Crippen LogP contribution in [0.1, 0.15) is 106 Å². The van der Waals surface area contributed by atoms with Crippen LogP contribution in [0.5, 0.6) is 0 Å². The third kappa shape index (κ3) is 4.26. The Balaban J connectivity index is 1.26. The maximum atomic E-state index is 12.7. The van der Waals surface area contributed by atoms with Gasteiger partial charge in [0, 0.05) is 29.9 Å². The van der Waals surface area contributed by atoms with Crippen molar-refractivity contribution in [1.29, 1.82) is 0 Å². The van der Waals surface area contributed by atoms with Gasteiger partial charge in [-0.3, -0.25) is 0 Å². The number of esters is 1. The van der Waals surface area contributed by atoms with Crippen LogP contribution in [0.2, 0.25) is 0 Å². The van der Waals surface area contributed by atoms with Crippen LogP contribution in [0, 0.1) is 50.7 Å². The molecule has 0 aromatic rings. The van der Waals surface area contributed by atoms with Crippen molar-refractivity contribution in [2.75, 3.05) is 13.7 Å². The fourth-order valence-electron chi connectivity index (χ4n) is 12.9. The zero-order valence-corrected chi connectivity index (χ0v) is 28.3. The predicted octanol–water partition coefficient (Wildman–Crippen LogP) is 4.76. The second-order valence-corrected chi connectivity index (χ2v) is 17.4. The first-order valence-electron chi connectivity index (χ1n) is 17.2. The van der Waals surface area contributed by atoms with E-state index in [-0.39, 0.29) is 51.0 Å². The number of fused-ring (bicyclic) bond motifs is 3. The van der Waals surface area contributed by atoms with Crippen LogP contribution in [0.4, 0.5) is 0 Å². The molecule has 5 saturated carbocycles. The van der Waals surface area contributed by atoms with Crippen molar-refractivity contribution < 1.29 is 39.4 Å². The fraction of sp³-hybridized carbons (Fsp3) is 0.917. The molecule has 1 unspecified atom stereocenters. The molecule has 0 bridgehead atoms. The second kappa shape index (κ2) is 10.5. The van der Waals surface area contributed by atoms with E-state index in [1.54, 1.807) is 13.2 Å². The molecule has 0 aromatic carbocycles. The standard InChI is InChI=1S/C36H58O8/c1-20(2)15-28(39)44-27-11-12-32(5)24-10-13-35-18-36(35,34(24,7)26(38)17-25(32)31(27,3)4)14-9-22(35)21-16-23(43-30(21)42-8)29(40)33(6,41)19-37/h15,21-27,29-30,37-38,40-41H,9-14,16-19H2,1-8H3/t21-,22-,23+,24+,25-,26+,27+,29-,30-,32+,33?,34-,35+,36+/m0/s1. The summed E-state index contributed by atoms with van der Waals surface area (Å²) in [5.41, 5.74) is -0.902. The van der Waals surface area contributed by atoms with Crippen LogP contribution < -0.4 is 0 Å². The van der Waals surface area contributed by atoms with Gasteiger partial charge >= 0.3 is 5.97 Å². The Morgan fingerprint density at radius 3 is 2.41 bits per heavy atom. The highest BCUT2D eigenvalue weighted by molar-refractivity contribution is 5.82. The molecule has 1 aliphatic heterocycles. The number of aliphatic hydroxyl groups is 4. The minimum atomic E-state index is -1.64. The zero-order chi connectivity index (χ0) is 32.3. The van der Waals surface area contributed by atoms with Gasteiger partial charge in [0.15, 0.2) is 6.29 Å². The molecule has 1 saturated heterocycles. The van der Waals surface area contributed by atoms with E-state index in [1.807, 2.05) is 13.8 Å². The summed E-state index contributed by atoms with van der Waals surface area (Å²) >= 11 is 0. The highest BCUT2D eigenvalue weighted by Crippen LogP contribution is 2.91. The first-order chi connectivity index (χ1) is 20.4. The minimum Gasteiger partial charge on any atom is -0.459 e. The summed E-state index contributed by atoms with van der Waals surface area (Å²) in [4.78, 5) is 12.7. The molecule has 0 amide bonds. The summed E-state index contributed by atoms with van der Waals surface area (Å²) in [5.74, 6) is 0.834. The summed E-state index contributed by atoms with van der Waals surface area (Å²) in [5, 5.41) is 43.5. The molecule has 1 heterocycles. The average molecular weight is 619 g/mol. The van der Waals surface area contributed by atoms with Gasteiger partial charge < -0.3 is 34.6 Å². The quantitative estimate of drug-likeness (QED) is 0.238. The normalized spacial score (nSPS) is 50.7. The van der Waals surface area contributed by atoms with E-state index >= 15 is 0 Å². The molecule has 0 radical (unpaired) electrons. The number of methoxy groups -OCH3 is 1. The summed E-state index contributed by atoms with van der Waals surface area (Å²) in [6.45, 7) is 14.1. The summed E-state index contributed by atoms with van der Waals surface area (Å²) in [6, 6.07) is 0. The number of hydrogen-bond acceptors (Lipinski definition) is 8. The monoisotopic (exact) mass is 618 g/mol. The molecule has 6 rings (SSSR count). The lowest BCUT2D eigenvalue weighted by Gasteiger charge is -2.68. The largest absolute Gasteiger partial charge is 0.459 e. The number of carbonyl (C=O) groups is 1.